The van der Waals surface area contributed by atoms with Gasteiger partial charge in [0.1, 0.15) is 18.0 Å². The van der Waals surface area contributed by atoms with Gasteiger partial charge >= 0.3 is 5.97 Å². The van der Waals surface area contributed by atoms with Gasteiger partial charge in [-0.15, -0.1) is 11.3 Å². The lowest BCUT2D eigenvalue weighted by molar-refractivity contribution is -0.160. The van der Waals surface area contributed by atoms with Gasteiger partial charge in [-0.1, -0.05) is 33.6 Å². The molecule has 36 heavy (non-hydrogen) atoms. The zero-order chi connectivity index (χ0) is 25.6. The SMILES string of the molecule is Cc1ccc(OCc2ccc(Br)cc2C)c(-c2csc(N3CC4CCC3C4C(=O)OC(C)(C)C)n2)c1. The van der Waals surface area contributed by atoms with Gasteiger partial charge in [0.15, 0.2) is 5.13 Å². The molecular weight excluding hydrogens is 536 g/mol. The van der Waals surface area contributed by atoms with Gasteiger partial charge in [-0.3, -0.25) is 4.79 Å². The summed E-state index contributed by atoms with van der Waals surface area (Å²) in [6.45, 7) is 11.4. The van der Waals surface area contributed by atoms with E-state index in [2.05, 4.69) is 64.3 Å². The number of halogens is 1. The summed E-state index contributed by atoms with van der Waals surface area (Å²) in [6, 6.07) is 12.7. The van der Waals surface area contributed by atoms with Crippen LogP contribution in [0.25, 0.3) is 11.3 Å². The van der Waals surface area contributed by atoms with Crippen LogP contribution in [0.3, 0.4) is 0 Å². The first-order valence-corrected chi connectivity index (χ1v) is 14.2. The first-order valence-electron chi connectivity index (χ1n) is 12.5. The monoisotopic (exact) mass is 568 g/mol. The zero-order valence-electron chi connectivity index (χ0n) is 21.5. The summed E-state index contributed by atoms with van der Waals surface area (Å²) in [4.78, 5) is 20.3. The number of rotatable bonds is 6. The van der Waals surface area contributed by atoms with Gasteiger partial charge in [0.2, 0.25) is 0 Å². The van der Waals surface area contributed by atoms with E-state index in [1.807, 2.05) is 32.9 Å². The summed E-state index contributed by atoms with van der Waals surface area (Å²) < 4.78 is 13.1. The van der Waals surface area contributed by atoms with Gasteiger partial charge in [0.25, 0.3) is 0 Å². The number of ether oxygens (including phenoxy) is 2. The molecule has 1 saturated carbocycles. The molecule has 5 rings (SSSR count). The minimum Gasteiger partial charge on any atom is -0.488 e. The standard InChI is InChI=1S/C29H33BrN2O3S/c1-17-6-11-25(34-15-20-7-9-21(30)13-18(20)2)22(12-17)23-16-36-28(31-23)32-14-19-8-10-24(32)26(19)27(33)35-29(3,4)5/h6-7,9,11-13,16,19,24,26H,8,10,14-15H2,1-5H3. The molecule has 5 nitrogen and oxygen atoms in total. The predicted molar refractivity (Wildman–Crippen MR) is 149 cm³/mol. The first-order chi connectivity index (χ1) is 17.1. The maximum Gasteiger partial charge on any atom is 0.311 e. The molecular formula is C29H33BrN2O3S. The number of esters is 1. The van der Waals surface area contributed by atoms with Gasteiger partial charge < -0.3 is 14.4 Å². The van der Waals surface area contributed by atoms with Crippen LogP contribution in [0.4, 0.5) is 5.13 Å². The second kappa shape index (κ2) is 9.82. The average Bonchev–Trinajstić information content (AvgIpc) is 3.52. The highest BCUT2D eigenvalue weighted by molar-refractivity contribution is 9.10. The van der Waals surface area contributed by atoms with Crippen LogP contribution < -0.4 is 9.64 Å². The molecule has 2 heterocycles. The molecule has 0 radical (unpaired) electrons. The van der Waals surface area contributed by atoms with E-state index in [9.17, 15) is 4.79 Å². The predicted octanol–water partition coefficient (Wildman–Crippen LogP) is 7.32. The highest BCUT2D eigenvalue weighted by atomic mass is 79.9. The van der Waals surface area contributed by atoms with Crippen LogP contribution in [0.1, 0.15) is 50.3 Å². The van der Waals surface area contributed by atoms with Crippen LogP contribution in [0.2, 0.25) is 0 Å². The van der Waals surface area contributed by atoms with Gasteiger partial charge in [0, 0.05) is 28.0 Å². The maximum atomic E-state index is 13.0. The third-order valence-electron chi connectivity index (χ3n) is 7.10. The number of aryl methyl sites for hydroxylation is 2. The van der Waals surface area contributed by atoms with Gasteiger partial charge in [0.05, 0.1) is 11.6 Å². The van der Waals surface area contributed by atoms with Crippen LogP contribution in [-0.4, -0.2) is 29.1 Å². The smallest absolute Gasteiger partial charge is 0.311 e. The van der Waals surface area contributed by atoms with Gasteiger partial charge in [-0.05, 0) is 88.8 Å². The molecule has 3 aromatic rings. The Morgan fingerprint density at radius 3 is 2.72 bits per heavy atom. The Morgan fingerprint density at radius 2 is 1.97 bits per heavy atom. The van der Waals surface area contributed by atoms with Gasteiger partial charge in [-0.25, -0.2) is 4.98 Å². The number of hydrogen-bond donors (Lipinski definition) is 0. The van der Waals surface area contributed by atoms with Crippen LogP contribution in [-0.2, 0) is 16.1 Å². The van der Waals surface area contributed by atoms with Crippen molar-refractivity contribution in [2.75, 3.05) is 11.4 Å². The fourth-order valence-electron chi connectivity index (χ4n) is 5.41. The van der Waals surface area contributed by atoms with E-state index in [1.54, 1.807) is 11.3 Å². The largest absolute Gasteiger partial charge is 0.488 e. The minimum absolute atomic E-state index is 0.0631. The summed E-state index contributed by atoms with van der Waals surface area (Å²) in [5.41, 5.74) is 4.96. The van der Waals surface area contributed by atoms with Crippen molar-refractivity contribution in [2.24, 2.45) is 11.8 Å². The van der Waals surface area contributed by atoms with Gasteiger partial charge in [-0.2, -0.15) is 0 Å². The number of anilines is 1. The molecule has 7 heteroatoms. The van der Waals surface area contributed by atoms with E-state index in [-0.39, 0.29) is 17.9 Å². The lowest BCUT2D eigenvalue weighted by Gasteiger charge is -2.27. The van der Waals surface area contributed by atoms with Crippen LogP contribution in [0, 0.1) is 25.7 Å². The molecule has 2 aromatic carbocycles. The van der Waals surface area contributed by atoms with E-state index >= 15 is 0 Å². The topological polar surface area (TPSA) is 51.7 Å². The Bertz CT molecular complexity index is 1280. The number of carbonyl (C=O) groups is 1. The maximum absolute atomic E-state index is 13.0. The molecule has 3 atom stereocenters. The number of carbonyl (C=O) groups excluding carboxylic acids is 1. The minimum atomic E-state index is -0.464. The molecule has 0 N–H and O–H groups in total. The molecule has 2 fully saturated rings. The number of aromatic nitrogens is 1. The normalized spacial score (nSPS) is 21.2. The summed E-state index contributed by atoms with van der Waals surface area (Å²) >= 11 is 5.17. The van der Waals surface area contributed by atoms with E-state index in [0.717, 1.165) is 57.1 Å². The number of piperidine rings is 1. The fourth-order valence-corrected chi connectivity index (χ4v) is 6.78. The molecule has 1 aromatic heterocycles. The first kappa shape index (κ1) is 25.3. The summed E-state index contributed by atoms with van der Waals surface area (Å²) in [5.74, 6) is 1.04. The molecule has 1 aliphatic heterocycles. The molecule has 1 aliphatic carbocycles. The summed E-state index contributed by atoms with van der Waals surface area (Å²) in [6.07, 6.45) is 2.09. The second-order valence-corrected chi connectivity index (χ2v) is 12.7. The number of benzene rings is 2. The van der Waals surface area contributed by atoms with Crippen molar-refractivity contribution in [3.63, 3.8) is 0 Å². The molecule has 2 aliphatic rings. The summed E-state index contributed by atoms with van der Waals surface area (Å²) in [5, 5.41) is 3.08. The van der Waals surface area contributed by atoms with Crippen molar-refractivity contribution >= 4 is 38.4 Å². The molecule has 3 unspecified atom stereocenters. The Morgan fingerprint density at radius 1 is 1.17 bits per heavy atom. The fraction of sp³-hybridized carbons (Fsp3) is 0.448. The molecule has 0 spiro atoms. The number of thiazole rings is 1. The van der Waals surface area contributed by atoms with E-state index in [1.165, 1.54) is 5.56 Å². The number of nitrogens with zero attached hydrogens (tertiary/aromatic N) is 2. The van der Waals surface area contributed by atoms with Crippen LogP contribution in [0.5, 0.6) is 5.75 Å². The Labute approximate surface area is 226 Å². The van der Waals surface area contributed by atoms with E-state index < -0.39 is 5.60 Å². The Balaban J connectivity index is 1.36. The average molecular weight is 570 g/mol. The highest BCUT2D eigenvalue weighted by Gasteiger charge is 2.52. The van der Waals surface area contributed by atoms with Crippen molar-refractivity contribution < 1.29 is 14.3 Å². The third-order valence-corrected chi connectivity index (χ3v) is 8.47. The molecule has 2 bridgehead atoms. The van der Waals surface area contributed by atoms with Crippen molar-refractivity contribution in [3.05, 3.63) is 62.9 Å². The molecule has 1 saturated heterocycles. The van der Waals surface area contributed by atoms with Crippen molar-refractivity contribution in [3.8, 4) is 17.0 Å². The van der Waals surface area contributed by atoms with Crippen LogP contribution >= 0.6 is 27.3 Å². The highest BCUT2D eigenvalue weighted by Crippen LogP contribution is 2.47. The molecule has 190 valence electrons. The van der Waals surface area contributed by atoms with Crippen molar-refractivity contribution in [1.82, 2.24) is 4.98 Å². The summed E-state index contributed by atoms with van der Waals surface area (Å²) in [7, 11) is 0. The Kier molecular flexibility index (Phi) is 6.90. The number of fused-ring (bicyclic) bond motifs is 2. The lowest BCUT2D eigenvalue weighted by Crippen LogP contribution is -2.37. The second-order valence-electron chi connectivity index (χ2n) is 11.0. The zero-order valence-corrected chi connectivity index (χ0v) is 23.9. The van der Waals surface area contributed by atoms with E-state index in [4.69, 9.17) is 14.5 Å². The quantitative estimate of drug-likeness (QED) is 0.291. The van der Waals surface area contributed by atoms with Crippen molar-refractivity contribution in [1.29, 1.82) is 0 Å². The van der Waals surface area contributed by atoms with Crippen LogP contribution in [0.15, 0.2) is 46.3 Å². The third kappa shape index (κ3) is 5.18. The Hall–Kier alpha value is -2.38. The number of hydrogen-bond acceptors (Lipinski definition) is 6. The van der Waals surface area contributed by atoms with E-state index in [0.29, 0.717) is 12.5 Å². The lowest BCUT2D eigenvalue weighted by atomic mass is 9.98. The molecule has 0 amide bonds. The van der Waals surface area contributed by atoms with Crippen molar-refractivity contribution in [2.45, 2.75) is 65.7 Å².